The monoisotopic (exact) mass is 298 g/mol. The largest absolute Gasteiger partial charge is 0.389 e. The minimum absolute atomic E-state index is 0.358. The van der Waals surface area contributed by atoms with E-state index in [2.05, 4.69) is 63.4 Å². The van der Waals surface area contributed by atoms with E-state index < -0.39 is 5.60 Å². The lowest BCUT2D eigenvalue weighted by atomic mass is 9.72. The molecular formula is C20H28NO+. The van der Waals surface area contributed by atoms with Gasteiger partial charge >= 0.3 is 0 Å². The quantitative estimate of drug-likeness (QED) is 0.893. The highest BCUT2D eigenvalue weighted by molar-refractivity contribution is 5.82. The first-order valence-corrected chi connectivity index (χ1v) is 8.50. The molecule has 0 amide bonds. The van der Waals surface area contributed by atoms with Crippen LogP contribution in [-0.2, 0) is 6.42 Å². The second-order valence-corrected chi connectivity index (χ2v) is 7.34. The van der Waals surface area contributed by atoms with Crippen molar-refractivity contribution in [1.82, 2.24) is 0 Å². The molecule has 2 nitrogen and oxygen atoms in total. The molecule has 1 fully saturated rings. The van der Waals surface area contributed by atoms with Gasteiger partial charge in [-0.2, -0.15) is 0 Å². The highest BCUT2D eigenvalue weighted by Gasteiger charge is 2.45. The molecule has 0 bridgehead atoms. The summed E-state index contributed by atoms with van der Waals surface area (Å²) in [7, 11) is 2.23. The molecule has 118 valence electrons. The van der Waals surface area contributed by atoms with Gasteiger partial charge in [-0.25, -0.2) is 0 Å². The molecule has 2 aromatic rings. The van der Waals surface area contributed by atoms with Crippen LogP contribution in [0.2, 0.25) is 0 Å². The lowest BCUT2D eigenvalue weighted by molar-refractivity contribution is -0.896. The van der Waals surface area contributed by atoms with Crippen molar-refractivity contribution in [2.45, 2.75) is 32.3 Å². The zero-order valence-electron chi connectivity index (χ0n) is 14.0. The van der Waals surface area contributed by atoms with Gasteiger partial charge < -0.3 is 10.0 Å². The third-order valence-corrected chi connectivity index (χ3v) is 5.64. The smallest absolute Gasteiger partial charge is 0.0822 e. The van der Waals surface area contributed by atoms with E-state index in [4.69, 9.17) is 0 Å². The summed E-state index contributed by atoms with van der Waals surface area (Å²) in [6, 6.07) is 15.2. The molecule has 3 rings (SSSR count). The second kappa shape index (κ2) is 6.02. The number of hydrogen-bond donors (Lipinski definition) is 2. The summed E-state index contributed by atoms with van der Waals surface area (Å²) >= 11 is 0. The van der Waals surface area contributed by atoms with E-state index in [1.54, 1.807) is 0 Å². The normalized spacial score (nSPS) is 32.3. The van der Waals surface area contributed by atoms with Crippen LogP contribution in [0.5, 0.6) is 0 Å². The van der Waals surface area contributed by atoms with E-state index in [0.717, 1.165) is 25.9 Å². The van der Waals surface area contributed by atoms with Crippen molar-refractivity contribution < 1.29 is 10.0 Å². The van der Waals surface area contributed by atoms with Crippen LogP contribution in [-0.4, -0.2) is 30.8 Å². The molecule has 0 spiro atoms. The van der Waals surface area contributed by atoms with Crippen molar-refractivity contribution in [3.63, 3.8) is 0 Å². The maximum absolute atomic E-state index is 11.2. The Morgan fingerprint density at radius 3 is 2.36 bits per heavy atom. The molecule has 2 aromatic carbocycles. The van der Waals surface area contributed by atoms with Crippen molar-refractivity contribution in [2.75, 3.05) is 20.1 Å². The van der Waals surface area contributed by atoms with Crippen LogP contribution < -0.4 is 4.90 Å². The second-order valence-electron chi connectivity index (χ2n) is 7.34. The fourth-order valence-corrected chi connectivity index (χ4v) is 4.20. The van der Waals surface area contributed by atoms with E-state index in [-0.39, 0.29) is 0 Å². The Kier molecular flexibility index (Phi) is 4.24. The Morgan fingerprint density at radius 1 is 1.05 bits per heavy atom. The number of benzene rings is 2. The van der Waals surface area contributed by atoms with Gasteiger partial charge in [-0.1, -0.05) is 56.3 Å². The van der Waals surface area contributed by atoms with Crippen LogP contribution in [0.25, 0.3) is 10.8 Å². The average molecular weight is 298 g/mol. The first-order chi connectivity index (χ1) is 10.5. The molecule has 22 heavy (non-hydrogen) atoms. The minimum atomic E-state index is -0.523. The summed E-state index contributed by atoms with van der Waals surface area (Å²) in [5, 5.41) is 13.8. The molecule has 2 heteroatoms. The van der Waals surface area contributed by atoms with Crippen molar-refractivity contribution in [1.29, 1.82) is 0 Å². The molecule has 1 saturated heterocycles. The molecule has 0 aromatic heterocycles. The summed E-state index contributed by atoms with van der Waals surface area (Å²) in [5.41, 5.74) is 0.809. The number of rotatable bonds is 3. The summed E-state index contributed by atoms with van der Waals surface area (Å²) in [6.45, 7) is 6.55. The van der Waals surface area contributed by atoms with Gasteiger partial charge in [0, 0.05) is 11.8 Å². The summed E-state index contributed by atoms with van der Waals surface area (Å²) in [6.07, 6.45) is 1.82. The number of aryl methyl sites for hydroxylation is 1. The Labute approximate surface area is 133 Å². The van der Waals surface area contributed by atoms with Crippen molar-refractivity contribution in [3.8, 4) is 0 Å². The molecule has 2 N–H and O–H groups in total. The number of likely N-dealkylation sites (tertiary alicyclic amines) is 1. The van der Waals surface area contributed by atoms with Crippen molar-refractivity contribution in [3.05, 3.63) is 48.0 Å². The van der Waals surface area contributed by atoms with E-state index in [0.29, 0.717) is 11.8 Å². The molecule has 0 radical (unpaired) electrons. The SMILES string of the molecule is C[C@@H]1C[NH+](C)C[C@H](C)C1(O)CCc1ccc2ccccc2c1. The minimum Gasteiger partial charge on any atom is -0.389 e. The van der Waals surface area contributed by atoms with Gasteiger partial charge in [0.1, 0.15) is 0 Å². The topological polar surface area (TPSA) is 24.7 Å². The number of piperidine rings is 1. The maximum Gasteiger partial charge on any atom is 0.0822 e. The van der Waals surface area contributed by atoms with Gasteiger partial charge in [-0.15, -0.1) is 0 Å². The van der Waals surface area contributed by atoms with Gasteiger partial charge in [0.05, 0.1) is 25.7 Å². The third kappa shape index (κ3) is 2.90. The van der Waals surface area contributed by atoms with Gasteiger partial charge in [-0.05, 0) is 29.2 Å². The Hall–Kier alpha value is -1.38. The van der Waals surface area contributed by atoms with Crippen LogP contribution >= 0.6 is 0 Å². The Morgan fingerprint density at radius 2 is 1.68 bits per heavy atom. The van der Waals surface area contributed by atoms with Crippen molar-refractivity contribution >= 4 is 10.8 Å². The Bertz CT molecular complexity index is 639. The molecular weight excluding hydrogens is 270 g/mol. The van der Waals surface area contributed by atoms with Gasteiger partial charge in [0.15, 0.2) is 0 Å². The van der Waals surface area contributed by atoms with Crippen molar-refractivity contribution in [2.24, 2.45) is 11.8 Å². The lowest BCUT2D eigenvalue weighted by Crippen LogP contribution is -3.12. The van der Waals surface area contributed by atoms with E-state index >= 15 is 0 Å². The zero-order valence-corrected chi connectivity index (χ0v) is 14.0. The molecule has 1 aliphatic rings. The number of fused-ring (bicyclic) bond motifs is 1. The van der Waals surface area contributed by atoms with Gasteiger partial charge in [-0.3, -0.25) is 0 Å². The molecule has 0 saturated carbocycles. The summed E-state index contributed by atoms with van der Waals surface area (Å²) in [5.74, 6) is 0.716. The van der Waals surface area contributed by atoms with Crippen LogP contribution in [0.4, 0.5) is 0 Å². The zero-order chi connectivity index (χ0) is 15.7. The van der Waals surface area contributed by atoms with Crippen LogP contribution in [0.1, 0.15) is 25.8 Å². The molecule has 1 heterocycles. The number of hydrogen-bond acceptors (Lipinski definition) is 1. The number of nitrogens with one attached hydrogen (secondary N) is 1. The highest BCUT2D eigenvalue weighted by Crippen LogP contribution is 2.32. The molecule has 2 unspecified atom stereocenters. The number of aliphatic hydroxyl groups is 1. The average Bonchev–Trinajstić information content (AvgIpc) is 2.50. The first-order valence-electron chi connectivity index (χ1n) is 8.50. The standard InChI is InChI=1S/C20H27NO/c1-15-13-21(3)14-16(2)20(15,22)11-10-17-8-9-18-6-4-5-7-19(18)12-17/h4-9,12,15-16,22H,10-11,13-14H2,1-3H3/p+1/t15-,16+,20?. The fourth-order valence-electron chi connectivity index (χ4n) is 4.20. The van der Waals surface area contributed by atoms with E-state index in [9.17, 15) is 5.11 Å². The Balaban J connectivity index is 1.75. The number of quaternary nitrogens is 1. The third-order valence-electron chi connectivity index (χ3n) is 5.64. The molecule has 4 atom stereocenters. The highest BCUT2D eigenvalue weighted by atomic mass is 16.3. The van der Waals surface area contributed by atoms with Crippen LogP contribution in [0.15, 0.2) is 42.5 Å². The van der Waals surface area contributed by atoms with E-state index in [1.807, 2.05) is 0 Å². The molecule has 1 aliphatic heterocycles. The predicted octanol–water partition coefficient (Wildman–Crippen LogP) is 2.30. The first kappa shape index (κ1) is 15.5. The lowest BCUT2D eigenvalue weighted by Gasteiger charge is -2.44. The fraction of sp³-hybridized carbons (Fsp3) is 0.500. The summed E-state index contributed by atoms with van der Waals surface area (Å²) in [4.78, 5) is 1.54. The molecule has 0 aliphatic carbocycles. The summed E-state index contributed by atoms with van der Waals surface area (Å²) < 4.78 is 0. The van der Waals surface area contributed by atoms with E-state index in [1.165, 1.54) is 21.2 Å². The maximum atomic E-state index is 11.2. The van der Waals surface area contributed by atoms with Crippen LogP contribution in [0.3, 0.4) is 0 Å². The predicted molar refractivity (Wildman–Crippen MR) is 92.2 cm³/mol. The van der Waals surface area contributed by atoms with Crippen LogP contribution in [0, 0.1) is 11.8 Å². The van der Waals surface area contributed by atoms with Gasteiger partial charge in [0.25, 0.3) is 0 Å². The van der Waals surface area contributed by atoms with Gasteiger partial charge in [0.2, 0.25) is 0 Å².